The number of hydrogen-bond donors (Lipinski definition) is 1. The summed E-state index contributed by atoms with van der Waals surface area (Å²) in [7, 11) is 0. The van der Waals surface area contributed by atoms with Gasteiger partial charge in [0, 0.05) is 16.9 Å². The molecule has 0 saturated carbocycles. The van der Waals surface area contributed by atoms with Crippen molar-refractivity contribution in [2.45, 2.75) is 19.9 Å². The van der Waals surface area contributed by atoms with Crippen molar-refractivity contribution in [3.63, 3.8) is 0 Å². The Balaban J connectivity index is 1.84. The lowest BCUT2D eigenvalue weighted by Gasteiger charge is -2.16. The highest BCUT2D eigenvalue weighted by Crippen LogP contribution is 2.26. The van der Waals surface area contributed by atoms with E-state index in [0.29, 0.717) is 0 Å². The number of hydrogen-bond acceptors (Lipinski definition) is 3. The average molecular weight is 303 g/mol. The van der Waals surface area contributed by atoms with Crippen LogP contribution in [0.1, 0.15) is 24.1 Å². The van der Waals surface area contributed by atoms with Gasteiger partial charge in [-0.1, -0.05) is 17.7 Å². The number of aryl methyl sites for hydroxylation is 1. The minimum absolute atomic E-state index is 0.188. The number of pyridine rings is 1. The molecule has 2 nitrogen and oxygen atoms in total. The molecule has 1 atom stereocenters. The molecule has 0 radical (unpaired) electrons. The molecule has 2 heterocycles. The summed E-state index contributed by atoms with van der Waals surface area (Å²) in [5, 5.41) is 6.32. The highest BCUT2D eigenvalue weighted by Gasteiger charge is 2.08. The van der Waals surface area contributed by atoms with Gasteiger partial charge in [-0.15, -0.1) is 11.3 Å². The molecule has 0 fully saturated rings. The Bertz CT molecular complexity index is 751. The summed E-state index contributed by atoms with van der Waals surface area (Å²) in [6.07, 6.45) is 1.93. The van der Waals surface area contributed by atoms with Crippen molar-refractivity contribution in [2.24, 2.45) is 0 Å². The standard InChI is InChI=1S/C16H15ClN2S/c1-10-3-4-13(8-14(10)17)19-11(2)12-7-16-15(18-9-12)5-6-20-16/h3-9,11,19H,1-2H3. The Labute approximate surface area is 127 Å². The van der Waals surface area contributed by atoms with Crippen molar-refractivity contribution < 1.29 is 0 Å². The van der Waals surface area contributed by atoms with E-state index in [4.69, 9.17) is 11.6 Å². The van der Waals surface area contributed by atoms with Gasteiger partial charge in [0.2, 0.25) is 0 Å². The fourth-order valence-electron chi connectivity index (χ4n) is 2.11. The first-order chi connectivity index (χ1) is 9.63. The fraction of sp³-hybridized carbons (Fsp3) is 0.188. The topological polar surface area (TPSA) is 24.9 Å². The lowest BCUT2D eigenvalue weighted by Crippen LogP contribution is -2.06. The number of nitrogens with one attached hydrogen (secondary N) is 1. The van der Waals surface area contributed by atoms with Crippen LogP contribution in [0.15, 0.2) is 41.9 Å². The smallest absolute Gasteiger partial charge is 0.0809 e. The van der Waals surface area contributed by atoms with Gasteiger partial charge in [-0.3, -0.25) is 4.98 Å². The fourth-order valence-corrected chi connectivity index (χ4v) is 3.08. The van der Waals surface area contributed by atoms with Gasteiger partial charge in [-0.05, 0) is 54.6 Å². The molecule has 4 heteroatoms. The van der Waals surface area contributed by atoms with Gasteiger partial charge in [0.05, 0.1) is 16.3 Å². The normalized spacial score (nSPS) is 12.6. The molecule has 0 saturated heterocycles. The maximum Gasteiger partial charge on any atom is 0.0809 e. The quantitative estimate of drug-likeness (QED) is 0.697. The SMILES string of the molecule is Cc1ccc(NC(C)c2cnc3ccsc3c2)cc1Cl. The Kier molecular flexibility index (Phi) is 3.64. The molecular formula is C16H15ClN2S. The highest BCUT2D eigenvalue weighted by molar-refractivity contribution is 7.17. The number of nitrogens with zero attached hydrogens (tertiary/aromatic N) is 1. The molecule has 0 bridgehead atoms. The highest BCUT2D eigenvalue weighted by atomic mass is 35.5. The summed E-state index contributed by atoms with van der Waals surface area (Å²) in [5.41, 5.74) is 4.35. The minimum atomic E-state index is 0.188. The van der Waals surface area contributed by atoms with E-state index in [1.54, 1.807) is 11.3 Å². The molecule has 1 unspecified atom stereocenters. The Morgan fingerprint density at radius 3 is 2.90 bits per heavy atom. The molecule has 3 rings (SSSR count). The summed E-state index contributed by atoms with van der Waals surface area (Å²) in [6, 6.07) is 10.5. The van der Waals surface area contributed by atoms with E-state index in [-0.39, 0.29) is 6.04 Å². The van der Waals surface area contributed by atoms with Crippen LogP contribution in [0.2, 0.25) is 5.02 Å². The van der Waals surface area contributed by atoms with E-state index in [0.717, 1.165) is 21.8 Å². The van der Waals surface area contributed by atoms with E-state index in [1.807, 2.05) is 31.3 Å². The second-order valence-corrected chi connectivity index (χ2v) is 6.26. The van der Waals surface area contributed by atoms with Crippen LogP contribution in [0.4, 0.5) is 5.69 Å². The van der Waals surface area contributed by atoms with Crippen LogP contribution in [0.25, 0.3) is 10.2 Å². The lowest BCUT2D eigenvalue weighted by molar-refractivity contribution is 0.880. The molecule has 0 aliphatic rings. The Morgan fingerprint density at radius 2 is 2.10 bits per heavy atom. The Morgan fingerprint density at radius 1 is 1.25 bits per heavy atom. The molecule has 102 valence electrons. The molecule has 1 aromatic carbocycles. The molecule has 2 aromatic heterocycles. The van der Waals surface area contributed by atoms with Crippen molar-refractivity contribution in [1.29, 1.82) is 0 Å². The number of thiophene rings is 1. The van der Waals surface area contributed by atoms with Gasteiger partial charge >= 0.3 is 0 Å². The van der Waals surface area contributed by atoms with Gasteiger partial charge in [-0.2, -0.15) is 0 Å². The number of fused-ring (bicyclic) bond motifs is 1. The molecule has 0 aliphatic carbocycles. The van der Waals surface area contributed by atoms with Crippen LogP contribution in [0, 0.1) is 6.92 Å². The minimum Gasteiger partial charge on any atom is -0.378 e. The third kappa shape index (κ3) is 2.65. The molecular weight excluding hydrogens is 288 g/mol. The molecule has 1 N–H and O–H groups in total. The zero-order valence-corrected chi connectivity index (χ0v) is 12.9. The third-order valence-corrected chi connectivity index (χ3v) is 4.64. The zero-order valence-electron chi connectivity index (χ0n) is 11.4. The number of benzene rings is 1. The zero-order chi connectivity index (χ0) is 14.1. The van der Waals surface area contributed by atoms with E-state index >= 15 is 0 Å². The van der Waals surface area contributed by atoms with Crippen molar-refractivity contribution in [3.8, 4) is 0 Å². The molecule has 0 aliphatic heterocycles. The van der Waals surface area contributed by atoms with Crippen LogP contribution in [-0.2, 0) is 0 Å². The second kappa shape index (κ2) is 5.43. The third-order valence-electron chi connectivity index (χ3n) is 3.38. The van der Waals surface area contributed by atoms with Gasteiger partial charge in [0.25, 0.3) is 0 Å². The van der Waals surface area contributed by atoms with E-state index in [2.05, 4.69) is 34.7 Å². The number of halogens is 1. The van der Waals surface area contributed by atoms with E-state index in [1.165, 1.54) is 10.3 Å². The predicted octanol–water partition coefficient (Wildman–Crippen LogP) is 5.43. The molecule has 20 heavy (non-hydrogen) atoms. The second-order valence-electron chi connectivity index (χ2n) is 4.90. The first kappa shape index (κ1) is 13.4. The van der Waals surface area contributed by atoms with Crippen molar-refractivity contribution in [1.82, 2.24) is 4.98 Å². The van der Waals surface area contributed by atoms with Crippen molar-refractivity contribution >= 4 is 38.8 Å². The summed E-state index contributed by atoms with van der Waals surface area (Å²) in [4.78, 5) is 4.48. The summed E-state index contributed by atoms with van der Waals surface area (Å²) in [6.45, 7) is 4.13. The van der Waals surface area contributed by atoms with Crippen molar-refractivity contribution in [3.05, 3.63) is 58.1 Å². The van der Waals surface area contributed by atoms with Gasteiger partial charge in [0.1, 0.15) is 0 Å². The first-order valence-corrected chi connectivity index (χ1v) is 7.75. The summed E-state index contributed by atoms with van der Waals surface area (Å²) in [5.74, 6) is 0. The van der Waals surface area contributed by atoms with E-state index < -0.39 is 0 Å². The first-order valence-electron chi connectivity index (χ1n) is 6.49. The van der Waals surface area contributed by atoms with Crippen LogP contribution >= 0.6 is 22.9 Å². The van der Waals surface area contributed by atoms with Crippen LogP contribution in [-0.4, -0.2) is 4.98 Å². The molecule has 3 aromatic rings. The maximum atomic E-state index is 6.16. The number of rotatable bonds is 3. The van der Waals surface area contributed by atoms with Crippen LogP contribution in [0.3, 0.4) is 0 Å². The van der Waals surface area contributed by atoms with Crippen LogP contribution < -0.4 is 5.32 Å². The summed E-state index contributed by atoms with van der Waals surface area (Å²) < 4.78 is 1.22. The lowest BCUT2D eigenvalue weighted by atomic mass is 10.1. The van der Waals surface area contributed by atoms with Gasteiger partial charge in [-0.25, -0.2) is 0 Å². The number of anilines is 1. The monoisotopic (exact) mass is 302 g/mol. The van der Waals surface area contributed by atoms with Crippen molar-refractivity contribution in [2.75, 3.05) is 5.32 Å². The van der Waals surface area contributed by atoms with Crippen LogP contribution in [0.5, 0.6) is 0 Å². The predicted molar refractivity (Wildman–Crippen MR) is 87.8 cm³/mol. The summed E-state index contributed by atoms with van der Waals surface area (Å²) >= 11 is 7.87. The molecule has 0 spiro atoms. The van der Waals surface area contributed by atoms with Gasteiger partial charge < -0.3 is 5.32 Å². The Hall–Kier alpha value is -1.58. The largest absolute Gasteiger partial charge is 0.378 e. The maximum absolute atomic E-state index is 6.16. The molecule has 0 amide bonds. The van der Waals surface area contributed by atoms with Gasteiger partial charge in [0.15, 0.2) is 0 Å². The average Bonchev–Trinajstić information content (AvgIpc) is 2.90. The number of aromatic nitrogens is 1. The van der Waals surface area contributed by atoms with E-state index in [9.17, 15) is 0 Å².